The van der Waals surface area contributed by atoms with Gasteiger partial charge in [0.2, 0.25) is 17.6 Å². The van der Waals surface area contributed by atoms with Gasteiger partial charge in [-0.05, 0) is 43.5 Å². The molecular formula is C20H23FN6O2S. The van der Waals surface area contributed by atoms with E-state index in [1.807, 2.05) is 38.3 Å². The van der Waals surface area contributed by atoms with Crippen LogP contribution >= 0.6 is 11.3 Å². The van der Waals surface area contributed by atoms with Crippen molar-refractivity contribution in [3.05, 3.63) is 53.2 Å². The maximum atomic E-state index is 14.1. The molecule has 8 nitrogen and oxygen atoms in total. The van der Waals surface area contributed by atoms with E-state index in [1.165, 1.54) is 27.1 Å². The lowest BCUT2D eigenvalue weighted by atomic mass is 10.1. The molecule has 2 amide bonds. The number of carbonyl (C=O) groups is 2. The molecule has 1 aromatic carbocycles. The molecule has 0 fully saturated rings. The van der Waals surface area contributed by atoms with E-state index in [2.05, 4.69) is 20.7 Å². The number of hydrogen-bond acceptors (Lipinski definition) is 6. The first-order valence-corrected chi connectivity index (χ1v) is 10.2. The van der Waals surface area contributed by atoms with Crippen LogP contribution in [0.3, 0.4) is 0 Å². The number of tetrazole rings is 1. The van der Waals surface area contributed by atoms with E-state index in [0.717, 1.165) is 4.88 Å². The molecule has 0 saturated heterocycles. The number of carbonyl (C=O) groups excluding carboxylic acids is 2. The molecule has 0 aliphatic carbocycles. The van der Waals surface area contributed by atoms with Crippen molar-refractivity contribution < 1.29 is 14.0 Å². The molecule has 3 rings (SSSR count). The van der Waals surface area contributed by atoms with Gasteiger partial charge in [0.25, 0.3) is 0 Å². The maximum Gasteiger partial charge on any atom is 0.247 e. The van der Waals surface area contributed by atoms with Crippen LogP contribution < -0.4 is 5.32 Å². The van der Waals surface area contributed by atoms with Crippen molar-refractivity contribution in [3.8, 4) is 10.7 Å². The van der Waals surface area contributed by atoms with Crippen molar-refractivity contribution in [2.75, 3.05) is 6.54 Å². The fourth-order valence-corrected chi connectivity index (χ4v) is 3.38. The smallest absolute Gasteiger partial charge is 0.247 e. The Bertz CT molecular complexity index is 1010. The summed E-state index contributed by atoms with van der Waals surface area (Å²) in [7, 11) is 0. The number of nitrogens with zero attached hydrogens (tertiary/aromatic N) is 5. The van der Waals surface area contributed by atoms with Crippen molar-refractivity contribution in [1.82, 2.24) is 30.4 Å². The number of aromatic nitrogens is 4. The molecule has 3 aromatic rings. The van der Waals surface area contributed by atoms with Crippen molar-refractivity contribution in [3.63, 3.8) is 0 Å². The first kappa shape index (κ1) is 21.6. The molecule has 0 unspecified atom stereocenters. The second kappa shape index (κ2) is 9.12. The van der Waals surface area contributed by atoms with Crippen LogP contribution in [0, 0.1) is 5.82 Å². The Morgan fingerprint density at radius 1 is 1.20 bits per heavy atom. The van der Waals surface area contributed by atoms with Crippen LogP contribution in [0.5, 0.6) is 0 Å². The van der Waals surface area contributed by atoms with Gasteiger partial charge in [-0.3, -0.25) is 9.59 Å². The van der Waals surface area contributed by atoms with Crippen LogP contribution in [0.25, 0.3) is 10.7 Å². The zero-order valence-corrected chi connectivity index (χ0v) is 17.8. The topological polar surface area (TPSA) is 93.0 Å². The number of halogens is 1. The van der Waals surface area contributed by atoms with Crippen molar-refractivity contribution >= 4 is 23.2 Å². The lowest BCUT2D eigenvalue weighted by molar-refractivity contribution is -0.138. The summed E-state index contributed by atoms with van der Waals surface area (Å²) < 4.78 is 14.1. The molecule has 10 heteroatoms. The Hall–Kier alpha value is -3.14. The zero-order chi connectivity index (χ0) is 21.7. The van der Waals surface area contributed by atoms with Crippen LogP contribution in [0.2, 0.25) is 0 Å². The van der Waals surface area contributed by atoms with E-state index in [9.17, 15) is 14.0 Å². The Balaban J connectivity index is 1.75. The molecule has 0 radical (unpaired) electrons. The highest BCUT2D eigenvalue weighted by Crippen LogP contribution is 2.19. The van der Waals surface area contributed by atoms with Gasteiger partial charge in [-0.25, -0.2) is 4.39 Å². The van der Waals surface area contributed by atoms with Gasteiger partial charge in [-0.15, -0.1) is 21.5 Å². The van der Waals surface area contributed by atoms with Gasteiger partial charge in [0, 0.05) is 17.6 Å². The average Bonchev–Trinajstić information content (AvgIpc) is 3.32. The number of rotatable bonds is 7. The second-order valence-corrected chi connectivity index (χ2v) is 8.71. The number of thiophene rings is 1. The third-order valence-corrected chi connectivity index (χ3v) is 4.86. The minimum absolute atomic E-state index is 0.0461. The zero-order valence-electron chi connectivity index (χ0n) is 17.0. The molecule has 0 bridgehead atoms. The molecular weight excluding hydrogens is 407 g/mol. The quantitative estimate of drug-likeness (QED) is 0.622. The Morgan fingerprint density at radius 3 is 2.63 bits per heavy atom. The molecule has 0 spiro atoms. The van der Waals surface area contributed by atoms with Crippen LogP contribution in [-0.2, 0) is 22.7 Å². The SMILES string of the molecule is CC(C)(C)NC(=O)CN(Cc1ccccc1F)C(=O)Cn1nnc(-c2cccs2)n1. The van der Waals surface area contributed by atoms with E-state index in [1.54, 1.807) is 18.2 Å². The second-order valence-electron chi connectivity index (χ2n) is 7.76. The molecule has 2 aromatic heterocycles. The lowest BCUT2D eigenvalue weighted by Crippen LogP contribution is -2.47. The third kappa shape index (κ3) is 5.93. The fraction of sp³-hybridized carbons (Fsp3) is 0.350. The number of benzene rings is 1. The predicted octanol–water partition coefficient (Wildman–Crippen LogP) is 2.48. The first-order chi connectivity index (χ1) is 14.2. The van der Waals surface area contributed by atoms with Crippen molar-refractivity contribution in [1.29, 1.82) is 0 Å². The van der Waals surface area contributed by atoms with Gasteiger partial charge in [0.15, 0.2) is 0 Å². The number of amides is 2. The van der Waals surface area contributed by atoms with E-state index in [0.29, 0.717) is 11.4 Å². The molecule has 0 aliphatic rings. The van der Waals surface area contributed by atoms with Crippen molar-refractivity contribution in [2.45, 2.75) is 39.4 Å². The highest BCUT2D eigenvalue weighted by Gasteiger charge is 2.23. The van der Waals surface area contributed by atoms with Gasteiger partial charge < -0.3 is 10.2 Å². The number of nitrogens with one attached hydrogen (secondary N) is 1. The summed E-state index contributed by atoms with van der Waals surface area (Å²) in [6, 6.07) is 9.88. The van der Waals surface area contributed by atoms with Gasteiger partial charge in [0.05, 0.1) is 11.4 Å². The predicted molar refractivity (Wildman–Crippen MR) is 111 cm³/mol. The molecule has 1 N–H and O–H groups in total. The Labute approximate surface area is 177 Å². The maximum absolute atomic E-state index is 14.1. The van der Waals surface area contributed by atoms with Gasteiger partial charge in [-0.2, -0.15) is 4.80 Å². The van der Waals surface area contributed by atoms with Gasteiger partial charge >= 0.3 is 0 Å². The largest absolute Gasteiger partial charge is 0.350 e. The van der Waals surface area contributed by atoms with E-state index < -0.39 is 17.3 Å². The Kier molecular flexibility index (Phi) is 6.56. The fourth-order valence-electron chi connectivity index (χ4n) is 2.73. The van der Waals surface area contributed by atoms with Gasteiger partial charge in [-0.1, -0.05) is 24.3 Å². The third-order valence-electron chi connectivity index (χ3n) is 3.99. The molecule has 0 atom stereocenters. The van der Waals surface area contributed by atoms with Crippen molar-refractivity contribution in [2.24, 2.45) is 0 Å². The summed E-state index contributed by atoms with van der Waals surface area (Å²) in [5.74, 6) is -0.773. The molecule has 158 valence electrons. The molecule has 0 saturated carbocycles. The molecule has 2 heterocycles. The van der Waals surface area contributed by atoms with Gasteiger partial charge in [0.1, 0.15) is 12.4 Å². The minimum Gasteiger partial charge on any atom is -0.350 e. The summed E-state index contributed by atoms with van der Waals surface area (Å²) in [6.45, 7) is 5.07. The monoisotopic (exact) mass is 430 g/mol. The summed E-state index contributed by atoms with van der Waals surface area (Å²) in [5, 5.41) is 16.8. The first-order valence-electron chi connectivity index (χ1n) is 9.35. The Morgan fingerprint density at radius 2 is 1.97 bits per heavy atom. The van der Waals surface area contributed by atoms with Crippen LogP contribution in [0.4, 0.5) is 4.39 Å². The van der Waals surface area contributed by atoms with E-state index >= 15 is 0 Å². The molecule has 30 heavy (non-hydrogen) atoms. The van der Waals surface area contributed by atoms with Crippen LogP contribution in [-0.4, -0.2) is 49.0 Å². The molecule has 0 aliphatic heterocycles. The normalized spacial score (nSPS) is 11.3. The summed E-state index contributed by atoms with van der Waals surface area (Å²) in [6.07, 6.45) is 0. The van der Waals surface area contributed by atoms with Crippen LogP contribution in [0.1, 0.15) is 26.3 Å². The summed E-state index contributed by atoms with van der Waals surface area (Å²) in [4.78, 5) is 28.6. The highest BCUT2D eigenvalue weighted by molar-refractivity contribution is 7.13. The summed E-state index contributed by atoms with van der Waals surface area (Å²) >= 11 is 1.46. The number of hydrogen-bond donors (Lipinski definition) is 1. The highest BCUT2D eigenvalue weighted by atomic mass is 32.1. The lowest BCUT2D eigenvalue weighted by Gasteiger charge is -2.26. The summed E-state index contributed by atoms with van der Waals surface area (Å²) in [5.41, 5.74) is -0.132. The standard InChI is InChI=1S/C20H23FN6O2S/c1-20(2,3)22-17(28)12-26(11-14-7-4-5-8-15(14)21)18(29)13-27-24-19(23-25-27)16-9-6-10-30-16/h4-10H,11-13H2,1-3H3,(H,22,28). The van der Waals surface area contributed by atoms with Crippen LogP contribution in [0.15, 0.2) is 41.8 Å². The van der Waals surface area contributed by atoms with E-state index in [-0.39, 0.29) is 25.5 Å². The van der Waals surface area contributed by atoms with E-state index in [4.69, 9.17) is 0 Å². The minimum atomic E-state index is -0.452. The average molecular weight is 431 g/mol.